The van der Waals surface area contributed by atoms with Gasteiger partial charge in [0.05, 0.1) is 0 Å². The zero-order chi connectivity index (χ0) is 18.5. The second kappa shape index (κ2) is 8.13. The molecule has 0 bridgehead atoms. The second-order valence-electron chi connectivity index (χ2n) is 6.26. The molecule has 0 saturated carbocycles. The predicted molar refractivity (Wildman–Crippen MR) is 104 cm³/mol. The quantitative estimate of drug-likeness (QED) is 0.449. The van der Waals surface area contributed by atoms with Crippen molar-refractivity contribution in [3.8, 4) is 16.9 Å². The lowest BCUT2D eigenvalue weighted by molar-refractivity contribution is 0.363. The summed E-state index contributed by atoms with van der Waals surface area (Å²) in [6.07, 6.45) is 5.76. The van der Waals surface area contributed by atoms with Gasteiger partial charge in [0.2, 0.25) is 0 Å². The highest BCUT2D eigenvalue weighted by atomic mass is 19.2. The van der Waals surface area contributed by atoms with E-state index in [1.807, 2.05) is 43.3 Å². The fraction of sp³-hybridized carbons (Fsp3) is 0.217. The third-order valence-corrected chi connectivity index (χ3v) is 4.38. The van der Waals surface area contributed by atoms with Crippen LogP contribution in [0.3, 0.4) is 0 Å². The molecule has 3 heteroatoms. The second-order valence-corrected chi connectivity index (χ2v) is 6.26. The van der Waals surface area contributed by atoms with Crippen LogP contribution in [0.1, 0.15) is 25.8 Å². The number of fused-ring (bicyclic) bond motifs is 1. The molecule has 0 atom stereocenters. The molecule has 0 radical (unpaired) electrons. The van der Waals surface area contributed by atoms with Crippen LogP contribution in [0.15, 0.2) is 60.7 Å². The van der Waals surface area contributed by atoms with Gasteiger partial charge >= 0.3 is 0 Å². The number of ether oxygens (including phenoxy) is 1. The summed E-state index contributed by atoms with van der Waals surface area (Å²) < 4.78 is 34.9. The molecule has 0 aliphatic carbocycles. The van der Waals surface area contributed by atoms with Crippen LogP contribution >= 0.6 is 0 Å². The van der Waals surface area contributed by atoms with E-state index in [-0.39, 0.29) is 10.9 Å². The van der Waals surface area contributed by atoms with E-state index >= 15 is 0 Å². The number of halogens is 2. The van der Waals surface area contributed by atoms with Crippen LogP contribution in [0.25, 0.3) is 21.9 Å². The van der Waals surface area contributed by atoms with Gasteiger partial charge in [0.15, 0.2) is 11.6 Å². The van der Waals surface area contributed by atoms with Crippen LogP contribution in [0, 0.1) is 11.6 Å². The number of hydrogen-bond donors (Lipinski definition) is 0. The molecule has 3 aromatic carbocycles. The fourth-order valence-electron chi connectivity index (χ4n) is 2.99. The molecule has 3 rings (SSSR count). The normalized spacial score (nSPS) is 11.4. The molecule has 0 unspecified atom stereocenters. The molecule has 0 amide bonds. The third-order valence-electron chi connectivity index (χ3n) is 4.38. The molecule has 0 spiro atoms. The fourth-order valence-corrected chi connectivity index (χ4v) is 2.99. The number of rotatable bonds is 6. The first-order chi connectivity index (χ1) is 12.6. The van der Waals surface area contributed by atoms with E-state index in [2.05, 4.69) is 6.92 Å². The van der Waals surface area contributed by atoms with Gasteiger partial charge in [-0.1, -0.05) is 55.8 Å². The highest BCUT2D eigenvalue weighted by molar-refractivity contribution is 5.89. The summed E-state index contributed by atoms with van der Waals surface area (Å²) in [6.45, 7) is 4.41. The Labute approximate surface area is 152 Å². The zero-order valence-corrected chi connectivity index (χ0v) is 15.1. The van der Waals surface area contributed by atoms with Crippen molar-refractivity contribution >= 4 is 10.8 Å². The Hall–Kier alpha value is -2.68. The predicted octanol–water partition coefficient (Wildman–Crippen LogP) is 6.69. The van der Waals surface area contributed by atoms with Gasteiger partial charge in [0.25, 0.3) is 0 Å². The Balaban J connectivity index is 2.00. The Morgan fingerprint density at radius 1 is 0.962 bits per heavy atom. The summed E-state index contributed by atoms with van der Waals surface area (Å²) in [5, 5.41) is 0.877. The molecule has 0 aromatic heterocycles. The van der Waals surface area contributed by atoms with Crippen LogP contribution in [-0.4, -0.2) is 6.61 Å². The maximum Gasteiger partial charge on any atom is 0.167 e. The van der Waals surface area contributed by atoms with Crippen molar-refractivity contribution in [2.24, 2.45) is 0 Å². The van der Waals surface area contributed by atoms with Gasteiger partial charge in [0.1, 0.15) is 12.4 Å². The number of allylic oxidation sites excluding steroid dienone is 1. The van der Waals surface area contributed by atoms with Gasteiger partial charge < -0.3 is 4.74 Å². The summed E-state index contributed by atoms with van der Waals surface area (Å²) in [5.74, 6) is -1.15. The summed E-state index contributed by atoms with van der Waals surface area (Å²) in [5.41, 5.74) is 2.15. The Bertz CT molecular complexity index is 927. The molecule has 1 nitrogen and oxygen atoms in total. The summed E-state index contributed by atoms with van der Waals surface area (Å²) >= 11 is 0. The first-order valence-electron chi connectivity index (χ1n) is 8.89. The van der Waals surface area contributed by atoms with Crippen molar-refractivity contribution in [3.05, 3.63) is 77.9 Å². The van der Waals surface area contributed by atoms with Crippen LogP contribution < -0.4 is 4.74 Å². The van der Waals surface area contributed by atoms with E-state index < -0.39 is 11.6 Å². The van der Waals surface area contributed by atoms with Crippen molar-refractivity contribution < 1.29 is 13.5 Å². The molecule has 0 fully saturated rings. The third kappa shape index (κ3) is 3.77. The van der Waals surface area contributed by atoms with Crippen molar-refractivity contribution in [2.75, 3.05) is 6.61 Å². The van der Waals surface area contributed by atoms with Gasteiger partial charge in [-0.05, 0) is 48.1 Å². The summed E-state index contributed by atoms with van der Waals surface area (Å²) in [4.78, 5) is 0. The summed E-state index contributed by atoms with van der Waals surface area (Å²) in [7, 11) is 0. The van der Waals surface area contributed by atoms with Crippen LogP contribution in [0.4, 0.5) is 8.78 Å². The van der Waals surface area contributed by atoms with E-state index in [0.29, 0.717) is 23.3 Å². The summed E-state index contributed by atoms with van der Waals surface area (Å²) in [6, 6.07) is 14.4. The van der Waals surface area contributed by atoms with Crippen molar-refractivity contribution in [1.82, 2.24) is 0 Å². The molecule has 26 heavy (non-hydrogen) atoms. The molecule has 0 aliphatic heterocycles. The molecule has 0 aliphatic rings. The van der Waals surface area contributed by atoms with E-state index in [4.69, 9.17) is 4.74 Å². The average molecular weight is 352 g/mol. The van der Waals surface area contributed by atoms with Crippen molar-refractivity contribution in [1.29, 1.82) is 0 Å². The minimum absolute atomic E-state index is 0.229. The average Bonchev–Trinajstić information content (AvgIpc) is 2.66. The first kappa shape index (κ1) is 18.1. The van der Waals surface area contributed by atoms with E-state index in [0.717, 1.165) is 12.8 Å². The zero-order valence-electron chi connectivity index (χ0n) is 15.1. The minimum Gasteiger partial charge on any atom is -0.490 e. The van der Waals surface area contributed by atoms with Gasteiger partial charge in [-0.2, -0.15) is 0 Å². The number of benzene rings is 3. The SMILES string of the molecule is CC=CCOc1ccc2cc(-c3ccc(CCC)cc3)c(F)c(F)c2c1. The lowest BCUT2D eigenvalue weighted by atomic mass is 9.98. The van der Waals surface area contributed by atoms with Crippen LogP contribution in [-0.2, 0) is 6.42 Å². The minimum atomic E-state index is -0.841. The lowest BCUT2D eigenvalue weighted by Gasteiger charge is -2.11. The maximum absolute atomic E-state index is 14.7. The molecule has 0 heterocycles. The number of hydrogen-bond acceptors (Lipinski definition) is 1. The molecule has 0 N–H and O–H groups in total. The topological polar surface area (TPSA) is 9.23 Å². The van der Waals surface area contributed by atoms with Crippen LogP contribution in [0.5, 0.6) is 5.75 Å². The Morgan fingerprint density at radius 2 is 1.73 bits per heavy atom. The largest absolute Gasteiger partial charge is 0.490 e. The van der Waals surface area contributed by atoms with Crippen molar-refractivity contribution in [3.63, 3.8) is 0 Å². The monoisotopic (exact) mass is 352 g/mol. The number of aryl methyl sites for hydroxylation is 1. The lowest BCUT2D eigenvalue weighted by Crippen LogP contribution is -1.96. The Kier molecular flexibility index (Phi) is 5.67. The molecule has 3 aromatic rings. The smallest absolute Gasteiger partial charge is 0.167 e. The van der Waals surface area contributed by atoms with Crippen LogP contribution in [0.2, 0.25) is 0 Å². The molecule has 0 saturated heterocycles. The standard InChI is InChI=1S/C23H22F2O/c1-3-5-13-26-19-12-11-18-14-20(22(24)23(25)21(18)15-19)17-9-7-16(6-4-2)8-10-17/h3,5,7-12,14-15H,4,6,13H2,1-2H3. The van der Waals surface area contributed by atoms with Crippen molar-refractivity contribution in [2.45, 2.75) is 26.7 Å². The van der Waals surface area contributed by atoms with E-state index in [1.165, 1.54) is 5.56 Å². The molecular formula is C23H22F2O. The van der Waals surface area contributed by atoms with Gasteiger partial charge in [-0.25, -0.2) is 8.78 Å². The van der Waals surface area contributed by atoms with Gasteiger partial charge in [-0.3, -0.25) is 0 Å². The highest BCUT2D eigenvalue weighted by Gasteiger charge is 2.15. The molecular weight excluding hydrogens is 330 g/mol. The van der Waals surface area contributed by atoms with Gasteiger partial charge in [-0.15, -0.1) is 0 Å². The van der Waals surface area contributed by atoms with E-state index in [9.17, 15) is 8.78 Å². The Morgan fingerprint density at radius 3 is 2.42 bits per heavy atom. The molecule has 134 valence electrons. The highest BCUT2D eigenvalue weighted by Crippen LogP contribution is 2.32. The maximum atomic E-state index is 14.7. The first-order valence-corrected chi connectivity index (χ1v) is 8.89. The van der Waals surface area contributed by atoms with Gasteiger partial charge in [0, 0.05) is 10.9 Å². The van der Waals surface area contributed by atoms with E-state index in [1.54, 1.807) is 24.3 Å².